The van der Waals surface area contributed by atoms with Crippen LogP contribution in [0, 0.1) is 11.3 Å². The van der Waals surface area contributed by atoms with Gasteiger partial charge < -0.3 is 0 Å². The lowest BCUT2D eigenvalue weighted by atomic mass is 9.79. The minimum Gasteiger partial charge on any atom is -0.295 e. The lowest BCUT2D eigenvalue weighted by Gasteiger charge is -2.61. The van der Waals surface area contributed by atoms with Gasteiger partial charge in [-0.2, -0.15) is 5.26 Å². The molecule has 2 fully saturated rings. The fraction of sp³-hybridized carbons (Fsp3) is 0.917. The minimum atomic E-state index is 0.195. The minimum absolute atomic E-state index is 0.195. The number of hydrogen-bond acceptors (Lipinski definition) is 3. The van der Waals surface area contributed by atoms with Gasteiger partial charge in [-0.25, -0.2) is 0 Å². The number of nitrogens with zero attached hydrogens (tertiary/aromatic N) is 3. The van der Waals surface area contributed by atoms with Crippen LogP contribution >= 0.6 is 0 Å². The van der Waals surface area contributed by atoms with E-state index in [-0.39, 0.29) is 11.1 Å². The van der Waals surface area contributed by atoms with Gasteiger partial charge in [0.05, 0.1) is 18.0 Å². The van der Waals surface area contributed by atoms with Gasteiger partial charge in [0.1, 0.15) is 0 Å². The van der Waals surface area contributed by atoms with E-state index in [9.17, 15) is 0 Å². The van der Waals surface area contributed by atoms with E-state index in [1.807, 2.05) is 0 Å². The van der Waals surface area contributed by atoms with Crippen molar-refractivity contribution in [3.8, 4) is 6.07 Å². The normalized spacial score (nSPS) is 26.5. The number of rotatable bonds is 2. The summed E-state index contributed by atoms with van der Waals surface area (Å²) in [5, 5.41) is 8.93. The van der Waals surface area contributed by atoms with Crippen molar-refractivity contribution in [3.63, 3.8) is 0 Å². The first kappa shape index (κ1) is 10.9. The average molecular weight is 207 g/mol. The van der Waals surface area contributed by atoms with Crippen LogP contribution in [0.4, 0.5) is 0 Å². The molecule has 0 aromatic carbocycles. The van der Waals surface area contributed by atoms with Crippen LogP contribution in [0.15, 0.2) is 0 Å². The van der Waals surface area contributed by atoms with Crippen molar-refractivity contribution in [2.24, 2.45) is 0 Å². The van der Waals surface area contributed by atoms with Crippen LogP contribution in [0.3, 0.4) is 0 Å². The maximum atomic E-state index is 8.93. The Labute approximate surface area is 92.7 Å². The van der Waals surface area contributed by atoms with Gasteiger partial charge in [0, 0.05) is 31.7 Å². The summed E-state index contributed by atoms with van der Waals surface area (Å²) < 4.78 is 0. The highest BCUT2D eigenvalue weighted by Crippen LogP contribution is 2.37. The van der Waals surface area contributed by atoms with Crippen LogP contribution in [0.2, 0.25) is 0 Å². The van der Waals surface area contributed by atoms with Crippen LogP contribution in [-0.4, -0.2) is 47.1 Å². The lowest BCUT2D eigenvalue weighted by molar-refractivity contribution is -0.113. The van der Waals surface area contributed by atoms with Crippen LogP contribution in [-0.2, 0) is 0 Å². The summed E-state index contributed by atoms with van der Waals surface area (Å²) in [5.74, 6) is 0. The third kappa shape index (κ3) is 1.77. The Kier molecular flexibility index (Phi) is 2.52. The molecular formula is C12H21N3. The van der Waals surface area contributed by atoms with Crippen molar-refractivity contribution in [3.05, 3.63) is 0 Å². The third-order valence-electron chi connectivity index (χ3n) is 3.85. The van der Waals surface area contributed by atoms with Crippen LogP contribution in [0.5, 0.6) is 0 Å². The second kappa shape index (κ2) is 3.47. The Bertz CT molecular complexity index is 274. The summed E-state index contributed by atoms with van der Waals surface area (Å²) >= 11 is 0. The molecule has 0 aromatic heterocycles. The molecule has 0 saturated carbocycles. The second-order valence-corrected chi connectivity index (χ2v) is 5.93. The van der Waals surface area contributed by atoms with Crippen LogP contribution in [0.1, 0.15) is 33.6 Å². The van der Waals surface area contributed by atoms with Gasteiger partial charge in [0.15, 0.2) is 0 Å². The van der Waals surface area contributed by atoms with E-state index >= 15 is 0 Å². The van der Waals surface area contributed by atoms with Crippen molar-refractivity contribution in [1.82, 2.24) is 9.80 Å². The molecule has 0 radical (unpaired) electrons. The van der Waals surface area contributed by atoms with Crippen molar-refractivity contribution in [2.45, 2.75) is 44.7 Å². The van der Waals surface area contributed by atoms with E-state index in [2.05, 4.69) is 36.6 Å². The molecular weight excluding hydrogens is 186 g/mol. The van der Waals surface area contributed by atoms with E-state index in [4.69, 9.17) is 5.26 Å². The first-order valence-corrected chi connectivity index (χ1v) is 5.85. The Hall–Kier alpha value is -0.590. The zero-order valence-electron chi connectivity index (χ0n) is 10.1. The Balaban J connectivity index is 1.98. The van der Waals surface area contributed by atoms with E-state index in [0.717, 1.165) is 13.1 Å². The molecule has 0 aliphatic carbocycles. The summed E-state index contributed by atoms with van der Waals surface area (Å²) in [6, 6.07) is 2.36. The highest BCUT2D eigenvalue weighted by molar-refractivity contribution is 5.12. The average Bonchev–Trinajstić information content (AvgIpc) is 1.93. The molecule has 0 bridgehead atoms. The summed E-state index contributed by atoms with van der Waals surface area (Å²) in [4.78, 5) is 4.97. The van der Waals surface area contributed by atoms with E-state index in [1.165, 1.54) is 19.5 Å². The zero-order valence-corrected chi connectivity index (χ0v) is 10.1. The molecule has 2 saturated heterocycles. The zero-order chi connectivity index (χ0) is 11.1. The standard InChI is InChI=1S/C12H21N3/c1-11(2,3)15-9-12(10-15,5-6-13)14-7-4-8-14/h4-5,7-10H2,1-3H3. The predicted octanol–water partition coefficient (Wildman–Crippen LogP) is 1.46. The Morgan fingerprint density at radius 2 is 1.87 bits per heavy atom. The van der Waals surface area contributed by atoms with Gasteiger partial charge in [0.2, 0.25) is 0 Å². The molecule has 0 atom stereocenters. The molecule has 2 rings (SSSR count). The monoisotopic (exact) mass is 207 g/mol. The molecule has 0 spiro atoms. The highest BCUT2D eigenvalue weighted by Gasteiger charge is 2.51. The van der Waals surface area contributed by atoms with Crippen LogP contribution in [0.25, 0.3) is 0 Å². The van der Waals surface area contributed by atoms with E-state index in [1.54, 1.807) is 0 Å². The molecule has 84 valence electrons. The lowest BCUT2D eigenvalue weighted by Crippen LogP contribution is -2.75. The first-order chi connectivity index (χ1) is 6.98. The first-order valence-electron chi connectivity index (χ1n) is 5.85. The largest absolute Gasteiger partial charge is 0.295 e. The molecule has 0 N–H and O–H groups in total. The fourth-order valence-electron chi connectivity index (χ4n) is 2.50. The van der Waals surface area contributed by atoms with Crippen LogP contribution < -0.4 is 0 Å². The van der Waals surface area contributed by atoms with Gasteiger partial charge in [0.25, 0.3) is 0 Å². The number of hydrogen-bond donors (Lipinski definition) is 0. The summed E-state index contributed by atoms with van der Waals surface area (Å²) in [5.41, 5.74) is 0.449. The van der Waals surface area contributed by atoms with Crippen molar-refractivity contribution in [2.75, 3.05) is 26.2 Å². The van der Waals surface area contributed by atoms with E-state index < -0.39 is 0 Å². The number of nitriles is 1. The van der Waals surface area contributed by atoms with Gasteiger partial charge in [-0.3, -0.25) is 9.80 Å². The summed E-state index contributed by atoms with van der Waals surface area (Å²) in [7, 11) is 0. The molecule has 2 heterocycles. The molecule has 0 aromatic rings. The quantitative estimate of drug-likeness (QED) is 0.686. The fourth-order valence-corrected chi connectivity index (χ4v) is 2.50. The summed E-state index contributed by atoms with van der Waals surface area (Å²) in [6.07, 6.45) is 2.00. The maximum Gasteiger partial charge on any atom is 0.0642 e. The van der Waals surface area contributed by atoms with Gasteiger partial charge in [-0.1, -0.05) is 0 Å². The van der Waals surface area contributed by atoms with Gasteiger partial charge in [-0.15, -0.1) is 0 Å². The topological polar surface area (TPSA) is 30.3 Å². The maximum absolute atomic E-state index is 8.93. The number of likely N-dealkylation sites (tertiary alicyclic amines) is 2. The summed E-state index contributed by atoms with van der Waals surface area (Å²) in [6.45, 7) is 11.3. The predicted molar refractivity (Wildman–Crippen MR) is 60.5 cm³/mol. The van der Waals surface area contributed by atoms with E-state index in [0.29, 0.717) is 6.42 Å². The second-order valence-electron chi connectivity index (χ2n) is 5.93. The SMILES string of the molecule is CC(C)(C)N1CC(CC#N)(N2CCC2)C1. The van der Waals surface area contributed by atoms with Gasteiger partial charge >= 0.3 is 0 Å². The van der Waals surface area contributed by atoms with Gasteiger partial charge in [-0.05, 0) is 27.2 Å². The smallest absolute Gasteiger partial charge is 0.0642 e. The molecule has 0 unspecified atom stereocenters. The third-order valence-corrected chi connectivity index (χ3v) is 3.85. The molecule has 2 aliphatic rings. The molecule has 3 heteroatoms. The molecule has 15 heavy (non-hydrogen) atoms. The molecule has 2 aliphatic heterocycles. The molecule has 0 amide bonds. The Morgan fingerprint density at radius 3 is 2.20 bits per heavy atom. The van der Waals surface area contributed by atoms with Crippen molar-refractivity contribution >= 4 is 0 Å². The van der Waals surface area contributed by atoms with Crippen molar-refractivity contribution in [1.29, 1.82) is 5.26 Å². The Morgan fingerprint density at radius 1 is 1.27 bits per heavy atom. The van der Waals surface area contributed by atoms with Crippen molar-refractivity contribution < 1.29 is 0 Å². The molecule has 3 nitrogen and oxygen atoms in total. The highest BCUT2D eigenvalue weighted by atomic mass is 15.4.